The molecular weight excluding hydrogens is 877 g/mol. The predicted molar refractivity (Wildman–Crippen MR) is 297 cm³/mol. The maximum atomic E-state index is 7.03. The molecule has 0 radical (unpaired) electrons. The number of fused-ring (bicyclic) bond motifs is 10. The van der Waals surface area contributed by atoms with E-state index in [9.17, 15) is 0 Å². The van der Waals surface area contributed by atoms with Gasteiger partial charge in [0.15, 0.2) is 11.2 Å². The zero-order valence-electron chi connectivity index (χ0n) is 39.6. The van der Waals surface area contributed by atoms with Gasteiger partial charge in [0.2, 0.25) is 0 Å². The standard InChI is InChI=1S/C62H50N2O3Si2/c1-68(2,3)44-31-26-40(27-32-44)63(54-19-11-17-50-46-14-7-9-21-56(46)66-61(50)54)42-25-24-39-36-53-48-35-30-43(38-59(48)65-58-23-13-16-49(60(53)58)52(39)37-42)64(41-28-33-45(34-29-41)69(4,5)6)55-20-12-18-51-47-15-8-10-22-57(47)67-62(51)55/h7-38H,1-6H3. The van der Waals surface area contributed by atoms with Crippen LogP contribution in [0.2, 0.25) is 39.3 Å². The van der Waals surface area contributed by atoms with E-state index < -0.39 is 16.1 Å². The number of nitrogens with zero attached hydrogens (tertiary/aromatic N) is 2. The van der Waals surface area contributed by atoms with Crippen LogP contribution in [-0.2, 0) is 0 Å². The van der Waals surface area contributed by atoms with E-state index in [1.165, 1.54) is 10.4 Å². The van der Waals surface area contributed by atoms with E-state index in [1.54, 1.807) is 0 Å². The van der Waals surface area contributed by atoms with E-state index in [2.05, 4.69) is 225 Å². The second kappa shape index (κ2) is 15.3. The van der Waals surface area contributed by atoms with Crippen molar-refractivity contribution in [3.63, 3.8) is 0 Å². The van der Waals surface area contributed by atoms with Gasteiger partial charge in [-0.3, -0.25) is 0 Å². The molecule has 0 unspecified atom stereocenters. The van der Waals surface area contributed by atoms with E-state index in [4.69, 9.17) is 13.6 Å². The average Bonchev–Trinajstić information content (AvgIpc) is 3.94. The van der Waals surface area contributed by atoms with Crippen molar-refractivity contribution in [1.82, 2.24) is 0 Å². The van der Waals surface area contributed by atoms with Gasteiger partial charge in [-0.2, -0.15) is 0 Å². The fourth-order valence-corrected chi connectivity index (χ4v) is 12.9. The Morgan fingerprint density at radius 3 is 1.39 bits per heavy atom. The average molecular weight is 927 g/mol. The van der Waals surface area contributed by atoms with Gasteiger partial charge in [-0.1, -0.05) is 153 Å². The molecule has 3 heterocycles. The zero-order valence-corrected chi connectivity index (χ0v) is 41.6. The highest BCUT2D eigenvalue weighted by atomic mass is 28.3. The quantitative estimate of drug-likeness (QED) is 0.112. The number of benzene rings is 10. The van der Waals surface area contributed by atoms with Crippen molar-refractivity contribution in [2.24, 2.45) is 0 Å². The Morgan fingerprint density at radius 1 is 0.348 bits per heavy atom. The first-order valence-corrected chi connectivity index (χ1v) is 30.9. The van der Waals surface area contributed by atoms with E-state index in [0.717, 1.165) is 122 Å². The number of ether oxygens (including phenoxy) is 1. The Hall–Kier alpha value is -7.85. The molecule has 13 rings (SSSR count). The number of furan rings is 2. The van der Waals surface area contributed by atoms with E-state index in [1.807, 2.05) is 18.2 Å². The van der Waals surface area contributed by atoms with Crippen LogP contribution in [0.3, 0.4) is 0 Å². The van der Waals surface area contributed by atoms with Crippen LogP contribution in [0, 0.1) is 0 Å². The maximum absolute atomic E-state index is 7.03. The minimum absolute atomic E-state index is 0.816. The van der Waals surface area contributed by atoms with Gasteiger partial charge in [0.05, 0.1) is 33.2 Å². The molecule has 12 aromatic rings. The normalized spacial score (nSPS) is 12.6. The summed E-state index contributed by atoms with van der Waals surface area (Å²) in [5.41, 5.74) is 11.8. The molecule has 0 bridgehead atoms. The Bertz CT molecular complexity index is 4030. The highest BCUT2D eigenvalue weighted by Gasteiger charge is 2.27. The molecule has 1 aliphatic rings. The Labute approximate surface area is 403 Å². The minimum atomic E-state index is -1.54. The molecule has 0 atom stereocenters. The van der Waals surface area contributed by atoms with Crippen LogP contribution >= 0.6 is 0 Å². The lowest BCUT2D eigenvalue weighted by Gasteiger charge is -2.29. The number of anilines is 6. The molecule has 7 heteroatoms. The molecule has 0 aliphatic carbocycles. The van der Waals surface area contributed by atoms with Crippen molar-refractivity contribution in [2.75, 3.05) is 9.80 Å². The second-order valence-corrected chi connectivity index (χ2v) is 30.7. The highest BCUT2D eigenvalue weighted by Crippen LogP contribution is 2.52. The topological polar surface area (TPSA) is 42.0 Å². The highest BCUT2D eigenvalue weighted by molar-refractivity contribution is 6.89. The largest absolute Gasteiger partial charge is 0.456 e. The SMILES string of the molecule is C[Si](C)(C)c1ccc(N(c2ccc3c(c2)Oc2cccc4c2c-3cc2ccc(N(c3ccc([Si](C)(C)C)cc3)c3cccc5c3oc3ccccc35)cc24)c2cccc3c2oc2ccccc23)cc1. The molecule has 0 spiro atoms. The van der Waals surface area contributed by atoms with Gasteiger partial charge in [-0.25, -0.2) is 0 Å². The summed E-state index contributed by atoms with van der Waals surface area (Å²) >= 11 is 0. The van der Waals surface area contributed by atoms with Gasteiger partial charge in [0, 0.05) is 55.6 Å². The van der Waals surface area contributed by atoms with Crippen molar-refractivity contribution in [1.29, 1.82) is 0 Å². The number of para-hydroxylation sites is 4. The molecule has 1 aliphatic heterocycles. The molecule has 0 fully saturated rings. The van der Waals surface area contributed by atoms with Crippen molar-refractivity contribution in [3.05, 3.63) is 194 Å². The van der Waals surface area contributed by atoms with Crippen LogP contribution in [-0.4, -0.2) is 16.1 Å². The number of hydrogen-bond acceptors (Lipinski definition) is 5. The smallest absolute Gasteiger partial charge is 0.159 e. The van der Waals surface area contributed by atoms with Crippen LogP contribution < -0.4 is 24.9 Å². The van der Waals surface area contributed by atoms with Crippen molar-refractivity contribution >= 4 is 126 Å². The molecule has 10 aromatic carbocycles. The molecule has 0 N–H and O–H groups in total. The molecule has 69 heavy (non-hydrogen) atoms. The summed E-state index contributed by atoms with van der Waals surface area (Å²) in [7, 11) is -3.07. The van der Waals surface area contributed by atoms with Crippen LogP contribution in [0.5, 0.6) is 11.5 Å². The summed E-state index contributed by atoms with van der Waals surface area (Å²) in [6.07, 6.45) is 0. The maximum Gasteiger partial charge on any atom is 0.159 e. The number of hydrogen-bond donors (Lipinski definition) is 0. The molecular formula is C62H50N2O3Si2. The Morgan fingerprint density at radius 2 is 0.826 bits per heavy atom. The van der Waals surface area contributed by atoms with E-state index >= 15 is 0 Å². The Kier molecular flexibility index (Phi) is 9.19. The molecule has 0 amide bonds. The first-order valence-electron chi connectivity index (χ1n) is 23.9. The third kappa shape index (κ3) is 6.71. The Balaban J connectivity index is 0.961. The first-order chi connectivity index (χ1) is 33.5. The first kappa shape index (κ1) is 41.3. The summed E-state index contributed by atoms with van der Waals surface area (Å²) in [6, 6.07) is 70.2. The van der Waals surface area contributed by atoms with Crippen molar-refractivity contribution < 1.29 is 13.6 Å². The predicted octanol–water partition coefficient (Wildman–Crippen LogP) is 17.6. The van der Waals surface area contributed by atoms with Crippen molar-refractivity contribution in [3.8, 4) is 22.6 Å². The van der Waals surface area contributed by atoms with Crippen LogP contribution in [0.4, 0.5) is 34.1 Å². The molecule has 2 aromatic heterocycles. The lowest BCUT2D eigenvalue weighted by Crippen LogP contribution is -2.37. The summed E-state index contributed by atoms with van der Waals surface area (Å²) in [4.78, 5) is 4.67. The van der Waals surface area contributed by atoms with Gasteiger partial charge in [-0.15, -0.1) is 0 Å². The minimum Gasteiger partial charge on any atom is -0.456 e. The third-order valence-corrected chi connectivity index (χ3v) is 18.3. The van der Waals surface area contributed by atoms with Gasteiger partial charge < -0.3 is 23.4 Å². The molecule has 0 saturated carbocycles. The molecule has 5 nitrogen and oxygen atoms in total. The molecule has 0 saturated heterocycles. The van der Waals surface area contributed by atoms with Crippen LogP contribution in [0.25, 0.3) is 76.5 Å². The zero-order chi connectivity index (χ0) is 46.8. The lowest BCUT2D eigenvalue weighted by molar-refractivity contribution is 0.487. The molecule has 334 valence electrons. The van der Waals surface area contributed by atoms with Gasteiger partial charge in [-0.05, 0) is 107 Å². The fraction of sp³-hybridized carbons (Fsp3) is 0.0968. The van der Waals surface area contributed by atoms with Crippen molar-refractivity contribution in [2.45, 2.75) is 39.3 Å². The third-order valence-electron chi connectivity index (χ3n) is 14.1. The summed E-state index contributed by atoms with van der Waals surface area (Å²) in [5.74, 6) is 1.66. The van der Waals surface area contributed by atoms with Gasteiger partial charge in [0.25, 0.3) is 0 Å². The number of rotatable bonds is 8. The summed E-state index contributed by atoms with van der Waals surface area (Å²) in [6.45, 7) is 14.4. The van der Waals surface area contributed by atoms with Gasteiger partial charge in [0.1, 0.15) is 22.7 Å². The summed E-state index contributed by atoms with van der Waals surface area (Å²) in [5, 5.41) is 11.8. The fourth-order valence-electron chi connectivity index (χ4n) is 10.6. The van der Waals surface area contributed by atoms with Crippen LogP contribution in [0.1, 0.15) is 0 Å². The lowest BCUT2D eigenvalue weighted by atomic mass is 9.90. The van der Waals surface area contributed by atoms with Crippen LogP contribution in [0.15, 0.2) is 203 Å². The van der Waals surface area contributed by atoms with E-state index in [-0.39, 0.29) is 0 Å². The second-order valence-electron chi connectivity index (χ2n) is 20.6. The monoisotopic (exact) mass is 926 g/mol. The van der Waals surface area contributed by atoms with Gasteiger partial charge >= 0.3 is 0 Å². The summed E-state index contributed by atoms with van der Waals surface area (Å²) < 4.78 is 20.4. The van der Waals surface area contributed by atoms with E-state index in [0.29, 0.717) is 0 Å².